The van der Waals surface area contributed by atoms with Crippen LogP contribution in [0.3, 0.4) is 0 Å². The summed E-state index contributed by atoms with van der Waals surface area (Å²) in [5, 5.41) is 11.4. The smallest absolute Gasteiger partial charge is 0.144 e. The molecule has 0 saturated carbocycles. The summed E-state index contributed by atoms with van der Waals surface area (Å²) < 4.78 is 0. The van der Waals surface area contributed by atoms with Gasteiger partial charge in [-0.3, -0.25) is 4.98 Å². The van der Waals surface area contributed by atoms with Crippen molar-refractivity contribution in [1.29, 1.82) is 0 Å². The first-order chi connectivity index (χ1) is 13.3. The number of aromatic hydroxyl groups is 1. The van der Waals surface area contributed by atoms with Crippen molar-refractivity contribution in [2.24, 2.45) is 0 Å². The van der Waals surface area contributed by atoms with E-state index >= 15 is 0 Å². The molecule has 0 saturated heterocycles. The predicted molar refractivity (Wildman–Crippen MR) is 117 cm³/mol. The topological polar surface area (TPSA) is 33.1 Å². The number of fused-ring (bicyclic) bond motifs is 1. The van der Waals surface area contributed by atoms with Crippen LogP contribution < -0.4 is 0 Å². The zero-order chi connectivity index (χ0) is 19.2. The third-order valence-electron chi connectivity index (χ3n) is 5.63. The summed E-state index contributed by atoms with van der Waals surface area (Å²) in [5.41, 5.74) is 1.78. The van der Waals surface area contributed by atoms with Gasteiger partial charge in [-0.15, -0.1) is 0 Å². The normalized spacial score (nSPS) is 11.3. The van der Waals surface area contributed by atoms with E-state index in [0.29, 0.717) is 5.75 Å². The van der Waals surface area contributed by atoms with Crippen LogP contribution >= 0.6 is 0 Å². The van der Waals surface area contributed by atoms with E-state index in [1.807, 2.05) is 12.1 Å². The fraction of sp³-hybridized carbons (Fsp3) is 0.640. The zero-order valence-corrected chi connectivity index (χ0v) is 17.4. The van der Waals surface area contributed by atoms with Crippen molar-refractivity contribution in [3.8, 4) is 5.75 Å². The van der Waals surface area contributed by atoms with Gasteiger partial charge in [-0.05, 0) is 24.5 Å². The number of aromatic nitrogens is 1. The molecule has 0 unspecified atom stereocenters. The van der Waals surface area contributed by atoms with Crippen LogP contribution in [0.2, 0.25) is 0 Å². The Balaban J connectivity index is 1.46. The Morgan fingerprint density at radius 2 is 1.26 bits per heavy atom. The molecular weight excluding hydrogens is 330 g/mol. The lowest BCUT2D eigenvalue weighted by Gasteiger charge is -2.07. The number of aryl methyl sites for hydroxylation is 1. The molecule has 2 rings (SSSR count). The van der Waals surface area contributed by atoms with Crippen molar-refractivity contribution in [3.05, 3.63) is 36.0 Å². The van der Waals surface area contributed by atoms with Crippen LogP contribution in [0, 0.1) is 0 Å². The standard InChI is InChI=1S/C25H39NO/c1-2-3-4-5-6-7-8-9-10-11-12-13-14-15-17-23-20-19-22-18-16-21-26-24(22)25(23)27/h16,18-21,27H,2-15,17H2,1H3. The maximum Gasteiger partial charge on any atom is 0.144 e. The second-order valence-electron chi connectivity index (χ2n) is 7.99. The molecule has 0 aliphatic rings. The van der Waals surface area contributed by atoms with Gasteiger partial charge >= 0.3 is 0 Å². The van der Waals surface area contributed by atoms with Crippen molar-refractivity contribution >= 4 is 10.9 Å². The number of rotatable bonds is 15. The van der Waals surface area contributed by atoms with E-state index in [1.165, 1.54) is 83.5 Å². The van der Waals surface area contributed by atoms with Gasteiger partial charge in [0.15, 0.2) is 0 Å². The molecule has 0 spiro atoms. The van der Waals surface area contributed by atoms with E-state index in [0.717, 1.165) is 29.3 Å². The van der Waals surface area contributed by atoms with Gasteiger partial charge in [0.05, 0.1) is 0 Å². The summed E-state index contributed by atoms with van der Waals surface area (Å²) in [4.78, 5) is 4.31. The van der Waals surface area contributed by atoms with Gasteiger partial charge in [-0.2, -0.15) is 0 Å². The van der Waals surface area contributed by atoms with Gasteiger partial charge in [0, 0.05) is 11.6 Å². The molecule has 2 heteroatoms. The minimum atomic E-state index is 0.378. The minimum absolute atomic E-state index is 0.378. The highest BCUT2D eigenvalue weighted by molar-refractivity contribution is 5.85. The molecular formula is C25H39NO. The lowest BCUT2D eigenvalue weighted by molar-refractivity contribution is 0.471. The van der Waals surface area contributed by atoms with E-state index in [1.54, 1.807) is 6.20 Å². The van der Waals surface area contributed by atoms with Crippen molar-refractivity contribution in [2.45, 2.75) is 103 Å². The second kappa shape index (κ2) is 13.6. The maximum absolute atomic E-state index is 10.4. The van der Waals surface area contributed by atoms with E-state index in [4.69, 9.17) is 0 Å². The van der Waals surface area contributed by atoms with Crippen LogP contribution in [0.15, 0.2) is 30.5 Å². The Kier molecular flexibility index (Phi) is 10.9. The van der Waals surface area contributed by atoms with E-state index < -0.39 is 0 Å². The molecule has 1 heterocycles. The highest BCUT2D eigenvalue weighted by Gasteiger charge is 2.06. The SMILES string of the molecule is CCCCCCCCCCCCCCCCc1ccc2cccnc2c1O. The number of phenols is 1. The van der Waals surface area contributed by atoms with Crippen LogP contribution in [-0.2, 0) is 6.42 Å². The highest BCUT2D eigenvalue weighted by Crippen LogP contribution is 2.28. The first-order valence-electron chi connectivity index (χ1n) is 11.4. The number of hydrogen-bond acceptors (Lipinski definition) is 2. The zero-order valence-electron chi connectivity index (χ0n) is 17.4. The molecule has 0 amide bonds. The number of phenolic OH excluding ortho intramolecular Hbond substituents is 1. The highest BCUT2D eigenvalue weighted by atomic mass is 16.3. The van der Waals surface area contributed by atoms with Crippen LogP contribution in [0.25, 0.3) is 10.9 Å². The third-order valence-corrected chi connectivity index (χ3v) is 5.63. The molecule has 0 bridgehead atoms. The average molecular weight is 370 g/mol. The van der Waals surface area contributed by atoms with Gasteiger partial charge in [-0.25, -0.2) is 0 Å². The fourth-order valence-corrected chi connectivity index (χ4v) is 3.88. The molecule has 27 heavy (non-hydrogen) atoms. The molecule has 1 N–H and O–H groups in total. The van der Waals surface area contributed by atoms with Crippen molar-refractivity contribution < 1.29 is 5.11 Å². The molecule has 1 aromatic heterocycles. The molecule has 1 aromatic carbocycles. The fourth-order valence-electron chi connectivity index (χ4n) is 3.88. The van der Waals surface area contributed by atoms with Gasteiger partial charge in [0.2, 0.25) is 0 Å². The van der Waals surface area contributed by atoms with E-state index in [9.17, 15) is 5.11 Å². The number of hydrogen-bond donors (Lipinski definition) is 1. The van der Waals surface area contributed by atoms with Crippen LogP contribution in [0.1, 0.15) is 102 Å². The van der Waals surface area contributed by atoms with Crippen molar-refractivity contribution in [3.63, 3.8) is 0 Å². The Morgan fingerprint density at radius 1 is 0.704 bits per heavy atom. The summed E-state index contributed by atoms with van der Waals surface area (Å²) in [6, 6.07) is 8.04. The molecule has 0 fully saturated rings. The minimum Gasteiger partial charge on any atom is -0.505 e. The van der Waals surface area contributed by atoms with Gasteiger partial charge in [-0.1, -0.05) is 109 Å². The maximum atomic E-state index is 10.4. The molecule has 0 aliphatic carbocycles. The van der Waals surface area contributed by atoms with Gasteiger partial charge in [0.25, 0.3) is 0 Å². The largest absolute Gasteiger partial charge is 0.505 e. The average Bonchev–Trinajstić information content (AvgIpc) is 2.70. The molecule has 2 aromatic rings. The Labute approximate surface area is 166 Å². The van der Waals surface area contributed by atoms with Gasteiger partial charge < -0.3 is 5.11 Å². The lowest BCUT2D eigenvalue weighted by Crippen LogP contribution is -1.90. The van der Waals surface area contributed by atoms with Crippen molar-refractivity contribution in [2.75, 3.05) is 0 Å². The van der Waals surface area contributed by atoms with Crippen molar-refractivity contribution in [1.82, 2.24) is 4.98 Å². The molecule has 0 radical (unpaired) electrons. The predicted octanol–water partition coefficient (Wildman–Crippen LogP) is 7.96. The Bertz CT molecular complexity index is 637. The molecule has 150 valence electrons. The molecule has 0 atom stereocenters. The van der Waals surface area contributed by atoms with E-state index in [-0.39, 0.29) is 0 Å². The van der Waals surface area contributed by atoms with Crippen LogP contribution in [0.5, 0.6) is 5.75 Å². The first-order valence-corrected chi connectivity index (χ1v) is 11.4. The number of nitrogens with zero attached hydrogens (tertiary/aromatic N) is 1. The van der Waals surface area contributed by atoms with Gasteiger partial charge in [0.1, 0.15) is 11.3 Å². The monoisotopic (exact) mass is 369 g/mol. The Hall–Kier alpha value is -1.57. The third kappa shape index (κ3) is 8.32. The second-order valence-corrected chi connectivity index (χ2v) is 7.99. The first kappa shape index (κ1) is 21.7. The summed E-state index contributed by atoms with van der Waals surface area (Å²) in [7, 11) is 0. The van der Waals surface area contributed by atoms with Crippen LogP contribution in [0.4, 0.5) is 0 Å². The summed E-state index contributed by atoms with van der Waals surface area (Å²) in [6.07, 6.45) is 22.0. The summed E-state index contributed by atoms with van der Waals surface area (Å²) >= 11 is 0. The van der Waals surface area contributed by atoms with E-state index in [2.05, 4.69) is 24.0 Å². The number of unbranched alkanes of at least 4 members (excludes halogenated alkanes) is 13. The molecule has 0 aliphatic heterocycles. The number of benzene rings is 1. The summed E-state index contributed by atoms with van der Waals surface area (Å²) in [6.45, 7) is 2.28. The lowest BCUT2D eigenvalue weighted by atomic mass is 10.0. The quantitative estimate of drug-likeness (QED) is 0.323. The van der Waals surface area contributed by atoms with Crippen LogP contribution in [-0.4, -0.2) is 10.1 Å². The number of pyridine rings is 1. The molecule has 2 nitrogen and oxygen atoms in total. The Morgan fingerprint density at radius 3 is 1.85 bits per heavy atom. The summed E-state index contributed by atoms with van der Waals surface area (Å²) in [5.74, 6) is 0.378.